The molecule has 1 aliphatic rings. The summed E-state index contributed by atoms with van der Waals surface area (Å²) in [5.74, 6) is 0. The molecule has 0 aromatic carbocycles. The molecule has 0 aliphatic carbocycles. The van der Waals surface area contributed by atoms with Gasteiger partial charge in [-0.15, -0.1) is 10.2 Å². The van der Waals surface area contributed by atoms with Crippen molar-refractivity contribution < 1.29 is 9.90 Å². The van der Waals surface area contributed by atoms with Crippen molar-refractivity contribution in [2.24, 2.45) is 0 Å². The zero-order valence-electron chi connectivity index (χ0n) is 13.3. The van der Waals surface area contributed by atoms with Crippen molar-refractivity contribution in [3.05, 3.63) is 5.01 Å². The molecule has 124 valence electrons. The molecule has 2 amide bonds. The minimum Gasteiger partial charge on any atom is -0.396 e. The molecule has 22 heavy (non-hydrogen) atoms. The van der Waals surface area contributed by atoms with Crippen LogP contribution in [0.1, 0.15) is 30.7 Å². The van der Waals surface area contributed by atoms with Gasteiger partial charge in [-0.05, 0) is 39.8 Å². The molecule has 1 saturated heterocycles. The maximum atomic E-state index is 12.4. The number of carbonyl (C=O) groups excluding carboxylic acids is 1. The second kappa shape index (κ2) is 8.40. The van der Waals surface area contributed by atoms with Gasteiger partial charge in [0.25, 0.3) is 0 Å². The second-order valence-electron chi connectivity index (χ2n) is 5.84. The van der Waals surface area contributed by atoms with E-state index in [1.54, 1.807) is 0 Å². The number of amides is 2. The molecule has 1 aromatic rings. The molecule has 8 heteroatoms. The molecule has 1 fully saturated rings. The predicted molar refractivity (Wildman–Crippen MR) is 87.2 cm³/mol. The summed E-state index contributed by atoms with van der Waals surface area (Å²) < 4.78 is 0. The first-order chi connectivity index (χ1) is 10.6. The van der Waals surface area contributed by atoms with Gasteiger partial charge < -0.3 is 14.9 Å². The van der Waals surface area contributed by atoms with Crippen LogP contribution in [0.15, 0.2) is 0 Å². The average molecular weight is 327 g/mol. The van der Waals surface area contributed by atoms with Crippen LogP contribution in [0.2, 0.25) is 0 Å². The van der Waals surface area contributed by atoms with Gasteiger partial charge >= 0.3 is 6.03 Å². The molecule has 7 nitrogen and oxygen atoms in total. The number of anilines is 1. The van der Waals surface area contributed by atoms with E-state index in [4.69, 9.17) is 5.11 Å². The van der Waals surface area contributed by atoms with E-state index in [9.17, 15) is 4.79 Å². The summed E-state index contributed by atoms with van der Waals surface area (Å²) in [6.07, 6.45) is 4.55. The van der Waals surface area contributed by atoms with Gasteiger partial charge in [-0.2, -0.15) is 0 Å². The number of carbonyl (C=O) groups is 1. The van der Waals surface area contributed by atoms with Crippen LogP contribution in [0.4, 0.5) is 9.93 Å². The Bertz CT molecular complexity index is 478. The molecule has 1 aromatic heterocycles. The molecule has 0 bridgehead atoms. The van der Waals surface area contributed by atoms with Gasteiger partial charge in [0.1, 0.15) is 5.01 Å². The van der Waals surface area contributed by atoms with E-state index in [1.165, 1.54) is 11.3 Å². The molecule has 1 unspecified atom stereocenters. The number of aliphatic hydroxyl groups excluding tert-OH is 1. The van der Waals surface area contributed by atoms with Crippen LogP contribution in [-0.4, -0.2) is 71.0 Å². The number of hydrogen-bond donors (Lipinski definition) is 2. The fourth-order valence-corrected chi connectivity index (χ4v) is 3.32. The lowest BCUT2D eigenvalue weighted by atomic mass is 10.0. The third kappa shape index (κ3) is 4.89. The zero-order valence-corrected chi connectivity index (χ0v) is 14.1. The predicted octanol–water partition coefficient (Wildman–Crippen LogP) is 1.41. The van der Waals surface area contributed by atoms with Crippen LogP contribution in [0, 0.1) is 0 Å². The van der Waals surface area contributed by atoms with E-state index in [-0.39, 0.29) is 18.7 Å². The van der Waals surface area contributed by atoms with Gasteiger partial charge in [-0.3, -0.25) is 5.32 Å². The van der Waals surface area contributed by atoms with Gasteiger partial charge in [-0.1, -0.05) is 11.3 Å². The number of likely N-dealkylation sites (N-methyl/N-ethyl adjacent to an activating group) is 1. The summed E-state index contributed by atoms with van der Waals surface area (Å²) in [6.45, 7) is 1.76. The highest BCUT2D eigenvalue weighted by Crippen LogP contribution is 2.22. The van der Waals surface area contributed by atoms with E-state index in [0.29, 0.717) is 11.6 Å². The number of likely N-dealkylation sites (tertiary alicyclic amines) is 1. The lowest BCUT2D eigenvalue weighted by molar-refractivity contribution is 0.141. The number of hydrogen-bond acceptors (Lipinski definition) is 6. The highest BCUT2D eigenvalue weighted by molar-refractivity contribution is 7.15. The highest BCUT2D eigenvalue weighted by Gasteiger charge is 2.26. The molecule has 2 heterocycles. The first-order valence-electron chi connectivity index (χ1n) is 7.75. The average Bonchev–Trinajstić information content (AvgIpc) is 2.93. The first-order valence-corrected chi connectivity index (χ1v) is 8.57. The molecule has 0 radical (unpaired) electrons. The monoisotopic (exact) mass is 327 g/mol. The van der Waals surface area contributed by atoms with Crippen molar-refractivity contribution >= 4 is 22.5 Å². The SMILES string of the molecule is CN(C)CCc1nnc(NC(=O)N2CCCCC2CCO)s1. The van der Waals surface area contributed by atoms with E-state index in [2.05, 4.69) is 20.4 Å². The normalized spacial score (nSPS) is 18.7. The fraction of sp³-hybridized carbons (Fsp3) is 0.786. The Balaban J connectivity index is 1.90. The lowest BCUT2D eigenvalue weighted by Gasteiger charge is -2.35. The third-order valence-corrected chi connectivity index (χ3v) is 4.70. The standard InChI is InChI=1S/C14H25N5O2S/c1-18(2)9-6-12-16-17-13(22-12)15-14(21)19-8-4-3-5-11(19)7-10-20/h11,20H,3-10H2,1-2H3,(H,15,17,21). The van der Waals surface area contributed by atoms with Crippen molar-refractivity contribution in [1.82, 2.24) is 20.0 Å². The van der Waals surface area contributed by atoms with Crippen molar-refractivity contribution in [1.29, 1.82) is 0 Å². The Morgan fingerprint density at radius 3 is 3.00 bits per heavy atom. The summed E-state index contributed by atoms with van der Waals surface area (Å²) in [5.41, 5.74) is 0. The number of piperidine rings is 1. The first kappa shape index (κ1) is 17.1. The Morgan fingerprint density at radius 1 is 1.45 bits per heavy atom. The number of aromatic nitrogens is 2. The van der Waals surface area contributed by atoms with Gasteiger partial charge in [0.2, 0.25) is 5.13 Å². The van der Waals surface area contributed by atoms with Crippen molar-refractivity contribution in [2.75, 3.05) is 39.1 Å². The molecular formula is C14H25N5O2S. The zero-order chi connectivity index (χ0) is 15.9. The molecule has 2 N–H and O–H groups in total. The fourth-order valence-electron chi connectivity index (χ4n) is 2.60. The largest absolute Gasteiger partial charge is 0.396 e. The van der Waals surface area contributed by atoms with E-state index in [0.717, 1.165) is 43.8 Å². The van der Waals surface area contributed by atoms with E-state index < -0.39 is 0 Å². The van der Waals surface area contributed by atoms with Gasteiger partial charge in [-0.25, -0.2) is 4.79 Å². The number of nitrogens with zero attached hydrogens (tertiary/aromatic N) is 4. The molecule has 2 rings (SSSR count). The summed E-state index contributed by atoms with van der Waals surface area (Å²) in [5, 5.41) is 21.6. The van der Waals surface area contributed by atoms with Crippen LogP contribution in [0.25, 0.3) is 0 Å². The quantitative estimate of drug-likeness (QED) is 0.825. The van der Waals surface area contributed by atoms with Gasteiger partial charge in [0.15, 0.2) is 0 Å². The maximum absolute atomic E-state index is 12.4. The summed E-state index contributed by atoms with van der Waals surface area (Å²) in [7, 11) is 4.03. The Labute approximate surface area is 135 Å². The smallest absolute Gasteiger partial charge is 0.323 e. The minimum absolute atomic E-state index is 0.113. The summed E-state index contributed by atoms with van der Waals surface area (Å²) in [4.78, 5) is 16.3. The third-order valence-electron chi connectivity index (χ3n) is 3.80. The van der Waals surface area contributed by atoms with Crippen LogP contribution >= 0.6 is 11.3 Å². The maximum Gasteiger partial charge on any atom is 0.323 e. The topological polar surface area (TPSA) is 81.6 Å². The summed E-state index contributed by atoms with van der Waals surface area (Å²) in [6, 6.07) is -0.00616. The van der Waals surface area contributed by atoms with Gasteiger partial charge in [0.05, 0.1) is 0 Å². The number of aliphatic hydroxyl groups is 1. The molecule has 0 spiro atoms. The highest BCUT2D eigenvalue weighted by atomic mass is 32.1. The lowest BCUT2D eigenvalue weighted by Crippen LogP contribution is -2.46. The van der Waals surface area contributed by atoms with Crippen molar-refractivity contribution in [3.63, 3.8) is 0 Å². The van der Waals surface area contributed by atoms with E-state index in [1.807, 2.05) is 19.0 Å². The van der Waals surface area contributed by atoms with Crippen LogP contribution in [-0.2, 0) is 6.42 Å². The second-order valence-corrected chi connectivity index (χ2v) is 6.90. The molecule has 0 saturated carbocycles. The number of urea groups is 1. The van der Waals surface area contributed by atoms with Crippen LogP contribution in [0.5, 0.6) is 0 Å². The Morgan fingerprint density at radius 2 is 2.27 bits per heavy atom. The number of rotatable bonds is 6. The summed E-state index contributed by atoms with van der Waals surface area (Å²) >= 11 is 1.42. The van der Waals surface area contributed by atoms with Crippen molar-refractivity contribution in [3.8, 4) is 0 Å². The van der Waals surface area contributed by atoms with Crippen molar-refractivity contribution in [2.45, 2.75) is 38.1 Å². The Kier molecular flexibility index (Phi) is 6.53. The number of nitrogens with one attached hydrogen (secondary N) is 1. The van der Waals surface area contributed by atoms with Gasteiger partial charge in [0, 0.05) is 32.2 Å². The van der Waals surface area contributed by atoms with E-state index >= 15 is 0 Å². The van der Waals surface area contributed by atoms with Crippen LogP contribution in [0.3, 0.4) is 0 Å². The Hall–Kier alpha value is -1.25. The van der Waals surface area contributed by atoms with Crippen LogP contribution < -0.4 is 5.32 Å². The minimum atomic E-state index is -0.131. The molecule has 1 aliphatic heterocycles. The molecule has 1 atom stereocenters. The molecular weight excluding hydrogens is 302 g/mol.